The normalized spacial score (nSPS) is 27.7. The van der Waals surface area contributed by atoms with Gasteiger partial charge in [-0.25, -0.2) is 15.0 Å². The second-order valence-corrected chi connectivity index (χ2v) is 21.3. The molecule has 1 aromatic carbocycles. The zero-order chi connectivity index (χ0) is 58.3. The Balaban J connectivity index is 0.000000484. The molecule has 0 saturated carbocycles. The van der Waals surface area contributed by atoms with E-state index in [2.05, 4.69) is 233 Å². The lowest BCUT2D eigenvalue weighted by Crippen LogP contribution is -2.60. The van der Waals surface area contributed by atoms with Crippen molar-refractivity contribution in [2.24, 2.45) is 0 Å². The van der Waals surface area contributed by atoms with Gasteiger partial charge in [-0.1, -0.05) is 79.2 Å². The summed E-state index contributed by atoms with van der Waals surface area (Å²) in [6.07, 6.45) is 7.73. The van der Waals surface area contributed by atoms with Crippen molar-refractivity contribution in [3.8, 4) is 0 Å². The molecule has 12 atom stereocenters. The smallest absolute Gasteiger partial charge is 0.225 e. The van der Waals surface area contributed by atoms with Crippen molar-refractivity contribution in [1.82, 2.24) is 39.5 Å². The number of nitrogens with zero attached hydrogens (tertiary/aromatic N) is 12. The van der Waals surface area contributed by atoms with Gasteiger partial charge in [0.15, 0.2) is 0 Å². The molecule has 4 fully saturated rings. The molecule has 4 aromatic rings. The summed E-state index contributed by atoms with van der Waals surface area (Å²) in [6, 6.07) is 24.0. The summed E-state index contributed by atoms with van der Waals surface area (Å²) < 4.78 is 0. The molecule has 0 radical (unpaired) electrons. The SMILES string of the molecule is CC.CC.CC.CC.Cc1ccc(N2CC(C)N(C)C(C)C2C)cc1.Cc1ccc(N2CC(C)N(C)C(C)C2C)cn1.Cc1ccc(N2CC(C)N(C)C(C)C2C)nc1.Cc1cnc(N2CC(C)N(C)C(C)C2C)nc1. The minimum atomic E-state index is 0.443. The van der Waals surface area contributed by atoms with Gasteiger partial charge in [0.05, 0.1) is 11.9 Å². The average molecular weight is 1050 g/mol. The third-order valence-corrected chi connectivity index (χ3v) is 16.8. The van der Waals surface area contributed by atoms with E-state index in [-0.39, 0.29) is 0 Å². The molecule has 8 rings (SSSR count). The van der Waals surface area contributed by atoms with Crippen LogP contribution in [-0.2, 0) is 0 Å². The van der Waals surface area contributed by atoms with Crippen LogP contribution in [-0.4, -0.2) is 166 Å². The number of hydrogen-bond acceptors (Lipinski definition) is 12. The predicted octanol–water partition coefficient (Wildman–Crippen LogP) is 13.3. The summed E-state index contributed by atoms with van der Waals surface area (Å²) in [5, 5.41) is 0. The van der Waals surface area contributed by atoms with Crippen LogP contribution in [0.25, 0.3) is 0 Å². The molecule has 12 heteroatoms. The second kappa shape index (κ2) is 34.5. The van der Waals surface area contributed by atoms with Gasteiger partial charge in [0, 0.05) is 129 Å². The topological polar surface area (TPSA) is 77.5 Å². The summed E-state index contributed by atoms with van der Waals surface area (Å²) in [4.78, 5) is 37.4. The zero-order valence-corrected chi connectivity index (χ0v) is 54.1. The molecule has 3 aromatic heterocycles. The fourth-order valence-corrected chi connectivity index (χ4v) is 10.1. The fraction of sp³-hybridized carbons (Fsp3) is 0.688. The molecular weight excluding hydrogens is 937 g/mol. The lowest BCUT2D eigenvalue weighted by Gasteiger charge is -2.48. The molecule has 0 amide bonds. The van der Waals surface area contributed by atoms with Crippen LogP contribution in [0.3, 0.4) is 0 Å². The standard InChI is InChI=1S/C15H24N2.2C14H23N3.C13H22N4.4C2H6/c1-11-6-8-15(9-7-11)17-10-12(2)16(5)13(3)14(17)4;1-10-6-7-14(8-15-10)17-9-11(2)16(5)12(3)13(17)4;1-10-6-7-14(15-8-10)17-9-11(2)16(5)12(3)13(17)4;1-9-6-14-13(15-7-9)17-8-10(2)16(5)11(3)12(17)4;4*1-2/h6-9,12-14H,10H2,1-5H3;2*6-8,11-13H,9H2,1-5H3;6-7,10-12H,8H2,1-5H3;4*1-2H3. The number of aryl methyl sites for hydroxylation is 4. The van der Waals surface area contributed by atoms with E-state index in [0.717, 1.165) is 49.2 Å². The molecule has 0 aliphatic carbocycles. The minimum Gasteiger partial charge on any atom is -0.366 e. The first-order chi connectivity index (χ1) is 36.0. The van der Waals surface area contributed by atoms with E-state index in [1.165, 1.54) is 22.5 Å². The number of anilines is 4. The maximum Gasteiger partial charge on any atom is 0.225 e. The van der Waals surface area contributed by atoms with Gasteiger partial charge in [-0.2, -0.15) is 0 Å². The van der Waals surface area contributed by atoms with Gasteiger partial charge in [-0.3, -0.25) is 24.6 Å². The van der Waals surface area contributed by atoms with Crippen molar-refractivity contribution in [2.75, 3.05) is 74.0 Å². The number of rotatable bonds is 4. The average Bonchev–Trinajstić information content (AvgIpc) is 3.44. The van der Waals surface area contributed by atoms with Crippen molar-refractivity contribution in [3.63, 3.8) is 0 Å². The highest BCUT2D eigenvalue weighted by atomic mass is 15.4. The molecule has 432 valence electrons. The molecule has 0 N–H and O–H groups in total. The van der Waals surface area contributed by atoms with Gasteiger partial charge < -0.3 is 19.6 Å². The van der Waals surface area contributed by atoms with E-state index in [4.69, 9.17) is 0 Å². The lowest BCUT2D eigenvalue weighted by atomic mass is 10.0. The Labute approximate surface area is 469 Å². The van der Waals surface area contributed by atoms with Gasteiger partial charge in [-0.15, -0.1) is 0 Å². The van der Waals surface area contributed by atoms with Crippen LogP contribution < -0.4 is 19.6 Å². The first kappa shape index (κ1) is 69.7. The Morgan fingerprint density at radius 3 is 1.03 bits per heavy atom. The molecule has 4 saturated heterocycles. The zero-order valence-electron chi connectivity index (χ0n) is 54.1. The quantitative estimate of drug-likeness (QED) is 0.195. The number of piperazine rings is 4. The molecule has 76 heavy (non-hydrogen) atoms. The summed E-state index contributed by atoms with van der Waals surface area (Å²) >= 11 is 0. The number of pyridine rings is 2. The Morgan fingerprint density at radius 1 is 0.316 bits per heavy atom. The van der Waals surface area contributed by atoms with Crippen LogP contribution in [0.5, 0.6) is 0 Å². The Bertz CT molecular complexity index is 1800. The van der Waals surface area contributed by atoms with Crippen molar-refractivity contribution < 1.29 is 0 Å². The summed E-state index contributed by atoms with van der Waals surface area (Å²) in [5.41, 5.74) is 7.34. The third-order valence-electron chi connectivity index (χ3n) is 16.8. The van der Waals surface area contributed by atoms with E-state index in [1.54, 1.807) is 0 Å². The van der Waals surface area contributed by atoms with Crippen LogP contribution in [0.1, 0.15) is 161 Å². The lowest BCUT2D eigenvalue weighted by molar-refractivity contribution is 0.138. The Morgan fingerprint density at radius 2 is 0.645 bits per heavy atom. The highest BCUT2D eigenvalue weighted by molar-refractivity contribution is 5.50. The molecule has 12 nitrogen and oxygen atoms in total. The molecule has 7 heterocycles. The van der Waals surface area contributed by atoms with E-state index < -0.39 is 0 Å². The van der Waals surface area contributed by atoms with E-state index >= 15 is 0 Å². The van der Waals surface area contributed by atoms with Crippen LogP contribution in [0.15, 0.2) is 73.3 Å². The first-order valence-corrected chi connectivity index (χ1v) is 29.7. The van der Waals surface area contributed by atoms with Crippen molar-refractivity contribution >= 4 is 23.1 Å². The number of hydrogen-bond donors (Lipinski definition) is 0. The fourth-order valence-electron chi connectivity index (χ4n) is 10.1. The molecule has 0 bridgehead atoms. The van der Waals surface area contributed by atoms with Gasteiger partial charge in [0.2, 0.25) is 5.95 Å². The van der Waals surface area contributed by atoms with Crippen molar-refractivity contribution in [2.45, 2.75) is 239 Å². The van der Waals surface area contributed by atoms with Gasteiger partial charge >= 0.3 is 0 Å². The van der Waals surface area contributed by atoms with Crippen LogP contribution >= 0.6 is 0 Å². The van der Waals surface area contributed by atoms with Crippen LogP contribution in [0.4, 0.5) is 23.1 Å². The molecule has 12 unspecified atom stereocenters. The molecule has 4 aliphatic heterocycles. The Kier molecular flexibility index (Phi) is 31.6. The number of aromatic nitrogens is 4. The second-order valence-electron chi connectivity index (χ2n) is 21.3. The van der Waals surface area contributed by atoms with Crippen LogP contribution in [0.2, 0.25) is 0 Å². The summed E-state index contributed by atoms with van der Waals surface area (Å²) in [6.45, 7) is 56.0. The van der Waals surface area contributed by atoms with Gasteiger partial charge in [0.25, 0.3) is 0 Å². The van der Waals surface area contributed by atoms with Crippen LogP contribution in [0, 0.1) is 27.7 Å². The molecule has 0 spiro atoms. The van der Waals surface area contributed by atoms with E-state index in [1.807, 2.05) is 94.0 Å². The largest absolute Gasteiger partial charge is 0.366 e. The maximum absolute atomic E-state index is 4.55. The maximum atomic E-state index is 4.55. The molecular formula is C64H116N12. The minimum absolute atomic E-state index is 0.443. The number of likely N-dealkylation sites (N-methyl/N-ethyl adjacent to an activating group) is 4. The Hall–Kier alpha value is -4.36. The van der Waals surface area contributed by atoms with Crippen molar-refractivity contribution in [3.05, 3.63) is 95.7 Å². The van der Waals surface area contributed by atoms with Gasteiger partial charge in [0.1, 0.15) is 5.82 Å². The highest BCUT2D eigenvalue weighted by Gasteiger charge is 2.36. The summed E-state index contributed by atoms with van der Waals surface area (Å²) in [5.74, 6) is 1.96. The van der Waals surface area contributed by atoms with Crippen molar-refractivity contribution in [1.29, 1.82) is 0 Å². The first-order valence-electron chi connectivity index (χ1n) is 29.7. The number of benzene rings is 1. The molecule has 4 aliphatic rings. The third kappa shape index (κ3) is 18.9. The highest BCUT2D eigenvalue weighted by Crippen LogP contribution is 2.29. The van der Waals surface area contributed by atoms with E-state index in [0.29, 0.717) is 72.5 Å². The van der Waals surface area contributed by atoms with E-state index in [9.17, 15) is 0 Å². The predicted molar refractivity (Wildman–Crippen MR) is 335 cm³/mol. The monoisotopic (exact) mass is 1050 g/mol. The summed E-state index contributed by atoms with van der Waals surface area (Å²) in [7, 11) is 8.86. The van der Waals surface area contributed by atoms with Gasteiger partial charge in [-0.05, 0) is 180 Å².